The first-order chi connectivity index (χ1) is 9.13. The van der Waals surface area contributed by atoms with E-state index in [1.54, 1.807) is 0 Å². The molecular formula is C15H15BrN2O. The van der Waals surface area contributed by atoms with Crippen LogP contribution in [0.2, 0.25) is 0 Å². The molecule has 0 aliphatic carbocycles. The molecule has 1 aliphatic heterocycles. The van der Waals surface area contributed by atoms with Gasteiger partial charge in [-0.15, -0.1) is 0 Å². The number of fused-ring (bicyclic) bond motifs is 1. The summed E-state index contributed by atoms with van der Waals surface area (Å²) in [5.41, 5.74) is 9.39. The van der Waals surface area contributed by atoms with Crippen LogP contribution in [-0.4, -0.2) is 4.98 Å². The summed E-state index contributed by atoms with van der Waals surface area (Å²) in [4.78, 5) is 4.32. The van der Waals surface area contributed by atoms with E-state index < -0.39 is 0 Å². The van der Waals surface area contributed by atoms with Crippen molar-refractivity contribution in [1.29, 1.82) is 0 Å². The Morgan fingerprint density at radius 1 is 1.32 bits per heavy atom. The van der Waals surface area contributed by atoms with Gasteiger partial charge in [0.2, 0.25) is 0 Å². The van der Waals surface area contributed by atoms with E-state index in [2.05, 4.69) is 27.0 Å². The molecule has 1 aromatic carbocycles. The molecule has 0 radical (unpaired) electrons. The molecule has 3 nitrogen and oxygen atoms in total. The molecule has 0 saturated carbocycles. The van der Waals surface area contributed by atoms with Crippen molar-refractivity contribution in [2.75, 3.05) is 0 Å². The zero-order chi connectivity index (χ0) is 13.4. The first kappa shape index (κ1) is 12.6. The Morgan fingerprint density at radius 2 is 2.16 bits per heavy atom. The summed E-state index contributed by atoms with van der Waals surface area (Å²) in [6, 6.07) is 10.1. The van der Waals surface area contributed by atoms with E-state index in [1.807, 2.05) is 37.4 Å². The van der Waals surface area contributed by atoms with E-state index in [0.29, 0.717) is 0 Å². The molecule has 2 atom stereocenters. The van der Waals surface area contributed by atoms with Crippen LogP contribution >= 0.6 is 15.9 Å². The predicted octanol–water partition coefficient (Wildman–Crippen LogP) is 3.68. The van der Waals surface area contributed by atoms with Crippen LogP contribution < -0.4 is 10.5 Å². The van der Waals surface area contributed by atoms with E-state index in [4.69, 9.17) is 10.5 Å². The van der Waals surface area contributed by atoms with Crippen LogP contribution in [0.4, 0.5) is 0 Å². The van der Waals surface area contributed by atoms with Gasteiger partial charge in [0, 0.05) is 40.0 Å². The number of nitrogens with zero attached hydrogens (tertiary/aromatic N) is 1. The van der Waals surface area contributed by atoms with Crippen molar-refractivity contribution in [2.45, 2.75) is 25.5 Å². The Hall–Kier alpha value is -1.39. The molecule has 2 N–H and O–H groups in total. The minimum atomic E-state index is -0.0232. The van der Waals surface area contributed by atoms with Crippen molar-refractivity contribution in [3.05, 3.63) is 57.8 Å². The summed E-state index contributed by atoms with van der Waals surface area (Å²) >= 11 is 3.46. The number of hydrogen-bond acceptors (Lipinski definition) is 3. The first-order valence-corrected chi connectivity index (χ1v) is 7.07. The second-order valence-corrected chi connectivity index (χ2v) is 5.78. The smallest absolute Gasteiger partial charge is 0.127 e. The number of pyridine rings is 1. The number of ether oxygens (including phenoxy) is 1. The van der Waals surface area contributed by atoms with Gasteiger partial charge in [0.25, 0.3) is 0 Å². The quantitative estimate of drug-likeness (QED) is 0.872. The molecule has 1 aliphatic rings. The van der Waals surface area contributed by atoms with Crippen LogP contribution in [0.5, 0.6) is 5.75 Å². The van der Waals surface area contributed by atoms with E-state index in [0.717, 1.165) is 33.5 Å². The summed E-state index contributed by atoms with van der Waals surface area (Å²) < 4.78 is 7.06. The Morgan fingerprint density at radius 3 is 2.89 bits per heavy atom. The van der Waals surface area contributed by atoms with Gasteiger partial charge in [0.1, 0.15) is 11.9 Å². The molecule has 19 heavy (non-hydrogen) atoms. The zero-order valence-electron chi connectivity index (χ0n) is 10.6. The number of benzene rings is 1. The van der Waals surface area contributed by atoms with Crippen LogP contribution in [0.3, 0.4) is 0 Å². The van der Waals surface area contributed by atoms with Gasteiger partial charge in [0.05, 0.1) is 0 Å². The molecule has 0 bridgehead atoms. The second-order valence-electron chi connectivity index (χ2n) is 4.86. The molecule has 4 heteroatoms. The number of halogens is 1. The highest BCUT2D eigenvalue weighted by Gasteiger charge is 2.27. The maximum atomic E-state index is 6.24. The molecule has 0 spiro atoms. The first-order valence-electron chi connectivity index (χ1n) is 6.28. The van der Waals surface area contributed by atoms with Gasteiger partial charge in [0.15, 0.2) is 0 Å². The molecule has 0 saturated heterocycles. The molecule has 2 aromatic rings. The Kier molecular flexibility index (Phi) is 3.29. The lowest BCUT2D eigenvalue weighted by molar-refractivity contribution is 0.161. The fourth-order valence-corrected chi connectivity index (χ4v) is 2.69. The van der Waals surface area contributed by atoms with Gasteiger partial charge in [-0.2, -0.15) is 0 Å². The molecular weight excluding hydrogens is 304 g/mol. The van der Waals surface area contributed by atoms with Gasteiger partial charge in [-0.05, 0) is 25.1 Å². The third-order valence-corrected chi connectivity index (χ3v) is 3.91. The maximum absolute atomic E-state index is 6.24. The highest BCUT2D eigenvalue weighted by Crippen LogP contribution is 2.40. The lowest BCUT2D eigenvalue weighted by Crippen LogP contribution is -2.24. The minimum Gasteiger partial charge on any atom is -0.485 e. The van der Waals surface area contributed by atoms with E-state index in [1.165, 1.54) is 0 Å². The Balaban J connectivity index is 1.93. The van der Waals surface area contributed by atoms with Crippen molar-refractivity contribution in [2.24, 2.45) is 5.73 Å². The lowest BCUT2D eigenvalue weighted by Gasteiger charge is -2.30. The molecule has 1 unspecified atom stereocenters. The van der Waals surface area contributed by atoms with Crippen molar-refractivity contribution >= 4 is 15.9 Å². The van der Waals surface area contributed by atoms with Gasteiger partial charge < -0.3 is 10.5 Å². The molecule has 0 amide bonds. The molecule has 98 valence electrons. The summed E-state index contributed by atoms with van der Waals surface area (Å²) in [6.45, 7) is 1.98. The second kappa shape index (κ2) is 4.94. The normalized spacial score (nSPS) is 21.6. The third-order valence-electron chi connectivity index (χ3n) is 3.42. The highest BCUT2D eigenvalue weighted by molar-refractivity contribution is 9.10. The average Bonchev–Trinajstić information content (AvgIpc) is 2.38. The topological polar surface area (TPSA) is 48.1 Å². The monoisotopic (exact) mass is 318 g/mol. The average molecular weight is 319 g/mol. The highest BCUT2D eigenvalue weighted by atomic mass is 79.9. The molecule has 0 fully saturated rings. The van der Waals surface area contributed by atoms with Gasteiger partial charge in [-0.25, -0.2) is 0 Å². The Bertz CT molecular complexity index is 598. The van der Waals surface area contributed by atoms with E-state index in [9.17, 15) is 0 Å². The van der Waals surface area contributed by atoms with Crippen LogP contribution in [0.25, 0.3) is 0 Å². The largest absolute Gasteiger partial charge is 0.485 e. The zero-order valence-corrected chi connectivity index (χ0v) is 12.2. The predicted molar refractivity (Wildman–Crippen MR) is 78.0 cm³/mol. The lowest BCUT2D eigenvalue weighted by atomic mass is 9.94. The van der Waals surface area contributed by atoms with Crippen LogP contribution in [0, 0.1) is 6.92 Å². The number of rotatable bonds is 1. The van der Waals surface area contributed by atoms with E-state index in [-0.39, 0.29) is 12.1 Å². The number of nitrogens with two attached hydrogens (primary N) is 1. The Labute approximate surface area is 120 Å². The molecule has 2 heterocycles. The van der Waals surface area contributed by atoms with Gasteiger partial charge in [-0.3, -0.25) is 4.98 Å². The van der Waals surface area contributed by atoms with Gasteiger partial charge in [-0.1, -0.05) is 28.1 Å². The third kappa shape index (κ3) is 2.51. The summed E-state index contributed by atoms with van der Waals surface area (Å²) in [7, 11) is 0. The minimum absolute atomic E-state index is 0.00292. The molecule has 1 aromatic heterocycles. The van der Waals surface area contributed by atoms with Crippen molar-refractivity contribution in [1.82, 2.24) is 4.98 Å². The van der Waals surface area contributed by atoms with Crippen molar-refractivity contribution in [3.63, 3.8) is 0 Å². The van der Waals surface area contributed by atoms with Crippen molar-refractivity contribution in [3.8, 4) is 5.75 Å². The van der Waals surface area contributed by atoms with E-state index >= 15 is 0 Å². The number of aryl methyl sites for hydroxylation is 1. The van der Waals surface area contributed by atoms with Crippen LogP contribution in [0.15, 0.2) is 41.0 Å². The van der Waals surface area contributed by atoms with Crippen LogP contribution in [-0.2, 0) is 0 Å². The fourth-order valence-electron chi connectivity index (χ4n) is 2.35. The van der Waals surface area contributed by atoms with Gasteiger partial charge >= 0.3 is 0 Å². The summed E-state index contributed by atoms with van der Waals surface area (Å²) in [5, 5.41) is 0. The SMILES string of the molecule is Cc1ccc(C2C[C@H](N)c3ccc(Br)cc3O2)cn1. The van der Waals surface area contributed by atoms with Crippen LogP contribution in [0.1, 0.15) is 35.4 Å². The van der Waals surface area contributed by atoms with Crippen molar-refractivity contribution < 1.29 is 4.74 Å². The number of aromatic nitrogens is 1. The summed E-state index contributed by atoms with van der Waals surface area (Å²) in [5.74, 6) is 0.860. The standard InChI is InChI=1S/C15H15BrN2O/c1-9-2-3-10(8-18-9)14-7-13(17)12-5-4-11(16)6-15(12)19-14/h2-6,8,13-14H,7,17H2,1H3/t13-,14?/m0/s1. The maximum Gasteiger partial charge on any atom is 0.127 e. The molecule has 3 rings (SSSR count). The fraction of sp³-hybridized carbons (Fsp3) is 0.267. The summed E-state index contributed by atoms with van der Waals surface area (Å²) in [6.07, 6.45) is 2.62. The number of hydrogen-bond donors (Lipinski definition) is 1.